The monoisotopic (exact) mass is 692 g/mol. The molecule has 0 saturated carbocycles. The lowest BCUT2D eigenvalue weighted by Crippen LogP contribution is -2.17. The van der Waals surface area contributed by atoms with Crippen LogP contribution in [0.2, 0.25) is 10.2 Å². The van der Waals surface area contributed by atoms with Gasteiger partial charge in [0.05, 0.1) is 16.1 Å². The van der Waals surface area contributed by atoms with Crippen LogP contribution in [0.1, 0.15) is 0 Å². The zero-order chi connectivity index (χ0) is 33.3. The molecule has 242 valence electrons. The Balaban J connectivity index is 0.000000215. The van der Waals surface area contributed by atoms with E-state index in [0.29, 0.717) is 33.2 Å². The maximum absolute atomic E-state index is 12.9. The number of hydrogen-bond donors (Lipinski definition) is 2. The fraction of sp³-hybridized carbons (Fsp3) is 0.133. The maximum Gasteiger partial charge on any atom is 0.406 e. The number of halogens is 8. The van der Waals surface area contributed by atoms with Crippen molar-refractivity contribution in [2.75, 3.05) is 5.32 Å². The average molecular weight is 693 g/mol. The van der Waals surface area contributed by atoms with Crippen LogP contribution in [0.15, 0.2) is 85.8 Å². The van der Waals surface area contributed by atoms with Crippen LogP contribution in [0.3, 0.4) is 0 Å². The third-order valence-electron chi connectivity index (χ3n) is 6.72. The van der Waals surface area contributed by atoms with Crippen molar-refractivity contribution in [1.29, 1.82) is 0 Å². The van der Waals surface area contributed by atoms with Gasteiger partial charge in [-0.15, -0.1) is 0 Å². The minimum absolute atomic E-state index is 0.0225. The van der Waals surface area contributed by atoms with Crippen LogP contribution < -0.4 is 10.1 Å². The van der Waals surface area contributed by atoms with Crippen LogP contribution in [0.4, 0.5) is 37.8 Å². The summed E-state index contributed by atoms with van der Waals surface area (Å²) in [5.74, 6) is 1.33. The summed E-state index contributed by atoms with van der Waals surface area (Å²) in [7, 11) is 0. The van der Waals surface area contributed by atoms with Gasteiger partial charge in [-0.2, -0.15) is 26.3 Å². The van der Waals surface area contributed by atoms with Gasteiger partial charge in [-0.3, -0.25) is 0 Å². The summed E-state index contributed by atoms with van der Waals surface area (Å²) >= 11 is 12.1. The van der Waals surface area contributed by atoms with Gasteiger partial charge in [0, 0.05) is 35.2 Å². The van der Waals surface area contributed by atoms with E-state index in [-0.39, 0.29) is 22.0 Å². The van der Waals surface area contributed by atoms with E-state index in [0.717, 1.165) is 20.0 Å². The molecule has 5 aromatic heterocycles. The molecule has 0 spiro atoms. The Morgan fingerprint density at radius 2 is 1.40 bits per heavy atom. The molecule has 7 aromatic rings. The van der Waals surface area contributed by atoms with E-state index in [4.69, 9.17) is 27.9 Å². The van der Waals surface area contributed by atoms with Crippen molar-refractivity contribution in [3.05, 3.63) is 96.0 Å². The molecule has 0 fully saturated rings. The second kappa shape index (κ2) is 12.6. The maximum atomic E-state index is 12.9. The lowest BCUT2D eigenvalue weighted by Gasteiger charge is -2.13. The molecular weight excluding hydrogens is 673 g/mol. The predicted molar refractivity (Wildman–Crippen MR) is 165 cm³/mol. The Labute approximate surface area is 270 Å². The van der Waals surface area contributed by atoms with Crippen molar-refractivity contribution in [3.8, 4) is 11.5 Å². The van der Waals surface area contributed by atoms with Crippen LogP contribution >= 0.6 is 23.2 Å². The molecule has 0 atom stereocenters. The Morgan fingerprint density at radius 1 is 0.745 bits per heavy atom. The topological polar surface area (TPSA) is 98.5 Å². The molecule has 0 saturated heterocycles. The molecule has 0 unspecified atom stereocenters. The number of ether oxygens (including phenoxy) is 1. The summed E-state index contributed by atoms with van der Waals surface area (Å²) in [6.07, 6.45) is -1.71. The molecule has 2 aromatic carbocycles. The van der Waals surface area contributed by atoms with Crippen LogP contribution in [0.25, 0.3) is 33.0 Å². The first-order chi connectivity index (χ1) is 22.3. The molecule has 0 bridgehead atoms. The number of anilines is 2. The van der Waals surface area contributed by atoms with Crippen molar-refractivity contribution in [2.24, 2.45) is 0 Å². The largest absolute Gasteiger partial charge is 0.455 e. The quantitative estimate of drug-likeness (QED) is 0.133. The highest BCUT2D eigenvalue weighted by Crippen LogP contribution is 2.36. The van der Waals surface area contributed by atoms with Crippen molar-refractivity contribution < 1.29 is 31.1 Å². The van der Waals surface area contributed by atoms with E-state index in [1.165, 1.54) is 37.2 Å². The molecular formula is C30H20Cl2F6N8O. The molecule has 17 heteroatoms. The lowest BCUT2D eigenvalue weighted by atomic mass is 10.2. The molecule has 5 heterocycles. The number of aromatic nitrogens is 7. The molecule has 0 aliphatic heterocycles. The number of H-pyrrole nitrogens is 1. The van der Waals surface area contributed by atoms with Gasteiger partial charge < -0.3 is 24.2 Å². The number of benzene rings is 2. The number of nitrogens with zero attached hydrogens (tertiary/aromatic N) is 6. The number of fused-ring (bicyclic) bond motifs is 3. The van der Waals surface area contributed by atoms with Gasteiger partial charge in [0.2, 0.25) is 0 Å². The molecule has 2 N–H and O–H groups in total. The summed E-state index contributed by atoms with van der Waals surface area (Å²) in [4.78, 5) is 18.7. The van der Waals surface area contributed by atoms with Crippen LogP contribution in [-0.2, 0) is 13.1 Å². The second-order valence-corrected chi connectivity index (χ2v) is 10.8. The van der Waals surface area contributed by atoms with E-state index in [1.54, 1.807) is 18.2 Å². The van der Waals surface area contributed by atoms with Crippen molar-refractivity contribution in [3.63, 3.8) is 0 Å². The predicted octanol–water partition coefficient (Wildman–Crippen LogP) is 9.31. The molecule has 7 rings (SSSR count). The zero-order valence-corrected chi connectivity index (χ0v) is 25.1. The highest BCUT2D eigenvalue weighted by atomic mass is 35.5. The number of rotatable bonds is 6. The third kappa shape index (κ3) is 7.36. The zero-order valence-electron chi connectivity index (χ0n) is 23.6. The summed E-state index contributed by atoms with van der Waals surface area (Å²) < 4.78 is 83.4. The van der Waals surface area contributed by atoms with Crippen molar-refractivity contribution in [2.45, 2.75) is 25.4 Å². The normalized spacial score (nSPS) is 12.0. The Morgan fingerprint density at radius 3 is 2.09 bits per heavy atom. The third-order valence-corrected chi connectivity index (χ3v) is 7.30. The number of hydrogen-bond acceptors (Lipinski definition) is 6. The van der Waals surface area contributed by atoms with Gasteiger partial charge in [-0.1, -0.05) is 29.3 Å². The summed E-state index contributed by atoms with van der Waals surface area (Å²) in [6.45, 7) is -2.24. The Kier molecular flexibility index (Phi) is 8.59. The fourth-order valence-electron chi connectivity index (χ4n) is 4.83. The minimum Gasteiger partial charge on any atom is -0.455 e. The van der Waals surface area contributed by atoms with Crippen LogP contribution in [0.5, 0.6) is 11.5 Å². The van der Waals surface area contributed by atoms with Gasteiger partial charge in [-0.25, -0.2) is 19.9 Å². The van der Waals surface area contributed by atoms with E-state index < -0.39 is 25.4 Å². The lowest BCUT2D eigenvalue weighted by molar-refractivity contribution is -0.140. The average Bonchev–Trinajstić information content (AvgIpc) is 3.74. The van der Waals surface area contributed by atoms with Gasteiger partial charge in [0.15, 0.2) is 11.0 Å². The van der Waals surface area contributed by atoms with Gasteiger partial charge >= 0.3 is 12.4 Å². The molecule has 47 heavy (non-hydrogen) atoms. The SMILES string of the molecule is FC(F)(F)Cn1ccc2ncnc(Cl)c21.FC(F)(F)Cn1ccc2ncnc(Nc3ccc(Oc4cccc5[nH]ccc45)c(Cl)c3)c21. The van der Waals surface area contributed by atoms with Gasteiger partial charge in [0.1, 0.15) is 48.3 Å². The Bertz CT molecular complexity index is 2190. The minimum atomic E-state index is -4.37. The molecule has 0 radical (unpaired) electrons. The smallest absolute Gasteiger partial charge is 0.406 e. The Hall–Kier alpha value is -5.02. The summed E-state index contributed by atoms with van der Waals surface area (Å²) in [6, 6.07) is 15.6. The summed E-state index contributed by atoms with van der Waals surface area (Å²) in [5.41, 5.74) is 2.74. The first-order valence-electron chi connectivity index (χ1n) is 13.5. The highest BCUT2D eigenvalue weighted by Gasteiger charge is 2.30. The first-order valence-corrected chi connectivity index (χ1v) is 14.3. The summed E-state index contributed by atoms with van der Waals surface area (Å²) in [5, 5.41) is 4.30. The standard InChI is InChI=1S/C22H15ClF3N5O.C8H5ClF3N3/c23-15-10-13(4-5-19(15)32-18-3-1-2-16-14(18)6-8-27-16)30-21-20-17(28-12-29-21)7-9-31(20)11-22(24,25)26;9-7-6-5(13-4-14-7)1-2-15(6)3-8(10,11)12/h1-10,12,27H,11H2,(H,28,29,30);1-2,4H,3H2. The second-order valence-electron chi connectivity index (χ2n) is 10.0. The highest BCUT2D eigenvalue weighted by molar-refractivity contribution is 6.33. The first kappa shape index (κ1) is 31.9. The van der Waals surface area contributed by atoms with Gasteiger partial charge in [-0.05, 0) is 48.5 Å². The van der Waals surface area contributed by atoms with Gasteiger partial charge in [0.25, 0.3) is 0 Å². The molecule has 0 aliphatic carbocycles. The van der Waals surface area contributed by atoms with Crippen molar-refractivity contribution in [1.82, 2.24) is 34.1 Å². The molecule has 0 aliphatic rings. The van der Waals surface area contributed by atoms with Crippen LogP contribution in [0, 0.1) is 0 Å². The van der Waals surface area contributed by atoms with E-state index in [9.17, 15) is 26.3 Å². The molecule has 9 nitrogen and oxygen atoms in total. The molecule has 0 amide bonds. The number of nitrogens with one attached hydrogen (secondary N) is 2. The fourth-order valence-corrected chi connectivity index (χ4v) is 5.30. The number of alkyl halides is 6. The van der Waals surface area contributed by atoms with Crippen molar-refractivity contribution >= 4 is 67.7 Å². The van der Waals surface area contributed by atoms with E-state index >= 15 is 0 Å². The number of aromatic amines is 1. The van der Waals surface area contributed by atoms with Crippen LogP contribution in [-0.4, -0.2) is 46.4 Å². The van der Waals surface area contributed by atoms with E-state index in [1.807, 2.05) is 30.5 Å². The van der Waals surface area contributed by atoms with E-state index in [2.05, 4.69) is 30.2 Å².